The lowest BCUT2D eigenvalue weighted by molar-refractivity contribution is 0.0629. The van der Waals surface area contributed by atoms with Crippen LogP contribution < -0.4 is 0 Å². The van der Waals surface area contributed by atoms with E-state index in [-0.39, 0.29) is 11.3 Å². The summed E-state index contributed by atoms with van der Waals surface area (Å²) in [5, 5.41) is 0. The van der Waals surface area contributed by atoms with Crippen molar-refractivity contribution in [2.24, 2.45) is 5.41 Å². The fourth-order valence-electron chi connectivity index (χ4n) is 4.71. The van der Waals surface area contributed by atoms with Crippen molar-refractivity contribution in [2.45, 2.75) is 38.6 Å². The van der Waals surface area contributed by atoms with E-state index in [4.69, 9.17) is 0 Å². The number of hydrogen-bond acceptors (Lipinski definition) is 4. The first-order valence-corrected chi connectivity index (χ1v) is 9.89. The fourth-order valence-corrected chi connectivity index (χ4v) is 4.71. The first kappa shape index (κ1) is 18.1. The maximum Gasteiger partial charge on any atom is 0.274 e. The average Bonchev–Trinajstić information content (AvgIpc) is 3.04. The second-order valence-electron chi connectivity index (χ2n) is 8.50. The van der Waals surface area contributed by atoms with E-state index in [0.717, 1.165) is 39.0 Å². The lowest BCUT2D eigenvalue weighted by Crippen LogP contribution is -2.46. The molecule has 1 aromatic heterocycles. The minimum atomic E-state index is 0.00506. The van der Waals surface area contributed by atoms with Crippen LogP contribution in [0.3, 0.4) is 0 Å². The molecular weight excluding hydrogens is 336 g/mol. The Balaban J connectivity index is 1.38. The van der Waals surface area contributed by atoms with E-state index >= 15 is 0 Å². The number of carbonyl (C=O) groups excluding carboxylic acids is 1. The second kappa shape index (κ2) is 7.39. The molecule has 2 fully saturated rings. The third-order valence-electron chi connectivity index (χ3n) is 6.22. The molecule has 0 aliphatic carbocycles. The summed E-state index contributed by atoms with van der Waals surface area (Å²) in [4.78, 5) is 25.3. The van der Waals surface area contributed by atoms with Crippen molar-refractivity contribution >= 4 is 5.91 Å². The van der Waals surface area contributed by atoms with E-state index in [1.54, 1.807) is 18.6 Å². The molecule has 2 saturated heterocycles. The summed E-state index contributed by atoms with van der Waals surface area (Å²) in [6, 6.07) is 11.5. The Kier molecular flexibility index (Phi) is 4.96. The molecular formula is C22H28N4O. The molecule has 0 spiro atoms. The van der Waals surface area contributed by atoms with Gasteiger partial charge in [-0.1, -0.05) is 44.2 Å². The summed E-state index contributed by atoms with van der Waals surface area (Å²) < 4.78 is 0. The van der Waals surface area contributed by atoms with Crippen LogP contribution in [-0.2, 0) is 0 Å². The Labute approximate surface area is 161 Å². The molecule has 0 bridgehead atoms. The Hall–Kier alpha value is -2.27. The molecule has 1 amide bonds. The maximum atomic E-state index is 12.6. The van der Waals surface area contributed by atoms with Crippen LogP contribution >= 0.6 is 0 Å². The zero-order valence-corrected chi connectivity index (χ0v) is 16.2. The number of aromatic nitrogens is 2. The van der Waals surface area contributed by atoms with E-state index in [0.29, 0.717) is 17.7 Å². The molecule has 0 radical (unpaired) electrons. The summed E-state index contributed by atoms with van der Waals surface area (Å²) in [5.74, 6) is 0.573. The lowest BCUT2D eigenvalue weighted by Gasteiger charge is -2.37. The number of hydrogen-bond donors (Lipinski definition) is 0. The van der Waals surface area contributed by atoms with Gasteiger partial charge in [0, 0.05) is 50.5 Å². The van der Waals surface area contributed by atoms with E-state index < -0.39 is 0 Å². The normalized spacial score (nSPS) is 23.5. The van der Waals surface area contributed by atoms with Gasteiger partial charge in [0.1, 0.15) is 5.69 Å². The van der Waals surface area contributed by atoms with Gasteiger partial charge in [-0.2, -0.15) is 0 Å². The van der Waals surface area contributed by atoms with Crippen LogP contribution in [0, 0.1) is 5.41 Å². The van der Waals surface area contributed by atoms with Crippen LogP contribution in [0.2, 0.25) is 0 Å². The van der Waals surface area contributed by atoms with Crippen LogP contribution in [0.15, 0.2) is 48.9 Å². The molecule has 0 saturated carbocycles. The number of benzene rings is 1. The van der Waals surface area contributed by atoms with Crippen LogP contribution in [0.1, 0.15) is 48.7 Å². The third kappa shape index (κ3) is 3.74. The summed E-state index contributed by atoms with van der Waals surface area (Å²) in [6.45, 7) is 8.60. The van der Waals surface area contributed by atoms with Crippen LogP contribution in [-0.4, -0.2) is 57.9 Å². The van der Waals surface area contributed by atoms with Gasteiger partial charge in [-0.15, -0.1) is 0 Å². The minimum Gasteiger partial charge on any atom is -0.337 e. The first-order chi connectivity index (χ1) is 13.0. The van der Waals surface area contributed by atoms with Crippen LogP contribution in [0.4, 0.5) is 0 Å². The lowest BCUT2D eigenvalue weighted by atomic mass is 9.78. The van der Waals surface area contributed by atoms with Crippen molar-refractivity contribution in [3.8, 4) is 0 Å². The highest BCUT2D eigenvalue weighted by atomic mass is 16.2. The molecule has 5 nitrogen and oxygen atoms in total. The van der Waals surface area contributed by atoms with Crippen molar-refractivity contribution in [2.75, 3.05) is 26.2 Å². The standard InChI is InChI=1S/C22H28N4O/c1-22(2)16-26(15-19(22)17-6-4-3-5-7-17)18-8-12-25(13-9-18)21(27)20-14-23-10-11-24-20/h3-7,10-11,14,18-19H,8-9,12-13,15-16H2,1-2H3/t19-/m1/s1. The van der Waals surface area contributed by atoms with Gasteiger partial charge in [-0.05, 0) is 23.8 Å². The summed E-state index contributed by atoms with van der Waals surface area (Å²) >= 11 is 0. The van der Waals surface area contributed by atoms with Gasteiger partial charge in [-0.25, -0.2) is 4.98 Å². The third-order valence-corrected chi connectivity index (χ3v) is 6.22. The van der Waals surface area contributed by atoms with Crippen LogP contribution in [0.5, 0.6) is 0 Å². The summed E-state index contributed by atoms with van der Waals surface area (Å²) in [5.41, 5.74) is 2.16. The minimum absolute atomic E-state index is 0.00506. The topological polar surface area (TPSA) is 49.3 Å². The van der Waals surface area contributed by atoms with Crippen molar-refractivity contribution < 1.29 is 4.79 Å². The predicted octanol–water partition coefficient (Wildman–Crippen LogP) is 3.21. The smallest absolute Gasteiger partial charge is 0.274 e. The second-order valence-corrected chi connectivity index (χ2v) is 8.50. The summed E-state index contributed by atoms with van der Waals surface area (Å²) in [6.07, 6.45) is 6.80. The van der Waals surface area contributed by atoms with Crippen molar-refractivity contribution in [3.63, 3.8) is 0 Å². The van der Waals surface area contributed by atoms with Gasteiger partial charge in [0.25, 0.3) is 5.91 Å². The SMILES string of the molecule is CC1(C)CN(C2CCN(C(=O)c3cnccn3)CC2)C[C@@H]1c1ccccc1. The van der Waals surface area contributed by atoms with E-state index in [2.05, 4.69) is 59.0 Å². The monoisotopic (exact) mass is 364 g/mol. The highest BCUT2D eigenvalue weighted by Crippen LogP contribution is 2.43. The van der Waals surface area contributed by atoms with E-state index in [9.17, 15) is 4.79 Å². The van der Waals surface area contributed by atoms with Crippen molar-refractivity contribution in [1.29, 1.82) is 0 Å². The number of nitrogens with zero attached hydrogens (tertiary/aromatic N) is 4. The Morgan fingerprint density at radius 1 is 1.11 bits per heavy atom. The molecule has 1 atom stereocenters. The van der Waals surface area contributed by atoms with Gasteiger partial charge < -0.3 is 4.90 Å². The Bertz CT molecular complexity index is 769. The molecule has 0 unspecified atom stereocenters. The molecule has 5 heteroatoms. The number of rotatable bonds is 3. The molecule has 1 aromatic carbocycles. The van der Waals surface area contributed by atoms with Gasteiger partial charge in [0.2, 0.25) is 0 Å². The summed E-state index contributed by atoms with van der Waals surface area (Å²) in [7, 11) is 0. The fraction of sp³-hybridized carbons (Fsp3) is 0.500. The Morgan fingerprint density at radius 2 is 1.85 bits per heavy atom. The Morgan fingerprint density at radius 3 is 2.52 bits per heavy atom. The molecule has 4 rings (SSSR count). The van der Waals surface area contributed by atoms with Gasteiger partial charge in [-0.3, -0.25) is 14.7 Å². The molecule has 2 aliphatic rings. The zero-order chi connectivity index (χ0) is 18.9. The highest BCUT2D eigenvalue weighted by Gasteiger charge is 2.43. The molecule has 3 heterocycles. The quantitative estimate of drug-likeness (QED) is 0.839. The highest BCUT2D eigenvalue weighted by molar-refractivity contribution is 5.92. The molecule has 2 aromatic rings. The molecule has 0 N–H and O–H groups in total. The number of amides is 1. The first-order valence-electron chi connectivity index (χ1n) is 9.89. The van der Waals surface area contributed by atoms with Gasteiger partial charge >= 0.3 is 0 Å². The average molecular weight is 364 g/mol. The molecule has 2 aliphatic heterocycles. The van der Waals surface area contributed by atoms with E-state index in [1.807, 2.05) is 4.90 Å². The molecule has 142 valence electrons. The van der Waals surface area contributed by atoms with Crippen LogP contribution in [0.25, 0.3) is 0 Å². The van der Waals surface area contributed by atoms with E-state index in [1.165, 1.54) is 5.56 Å². The maximum absolute atomic E-state index is 12.6. The van der Waals surface area contributed by atoms with Gasteiger partial charge in [0.15, 0.2) is 0 Å². The van der Waals surface area contributed by atoms with Crippen molar-refractivity contribution in [1.82, 2.24) is 19.8 Å². The van der Waals surface area contributed by atoms with Gasteiger partial charge in [0.05, 0.1) is 6.20 Å². The van der Waals surface area contributed by atoms with Crippen molar-refractivity contribution in [3.05, 3.63) is 60.2 Å². The number of piperidine rings is 1. The zero-order valence-electron chi connectivity index (χ0n) is 16.2. The predicted molar refractivity (Wildman–Crippen MR) is 105 cm³/mol. The number of carbonyl (C=O) groups is 1. The number of likely N-dealkylation sites (tertiary alicyclic amines) is 2. The molecule has 27 heavy (non-hydrogen) atoms. The largest absolute Gasteiger partial charge is 0.337 e.